The summed E-state index contributed by atoms with van der Waals surface area (Å²) >= 11 is 0. The van der Waals surface area contributed by atoms with Gasteiger partial charge >= 0.3 is 5.97 Å². The van der Waals surface area contributed by atoms with Gasteiger partial charge in [0.25, 0.3) is 0 Å². The van der Waals surface area contributed by atoms with E-state index in [9.17, 15) is 19.8 Å². The average molecular weight is 557 g/mol. The van der Waals surface area contributed by atoms with Crippen molar-refractivity contribution in [1.82, 2.24) is 0 Å². The summed E-state index contributed by atoms with van der Waals surface area (Å²) in [6.45, 7) is 12.5. The summed E-state index contributed by atoms with van der Waals surface area (Å²) < 4.78 is 6.43. The number of allylic oxidation sites excluding steroid dienone is 1. The van der Waals surface area contributed by atoms with Crippen molar-refractivity contribution in [2.24, 2.45) is 34.5 Å². The summed E-state index contributed by atoms with van der Waals surface area (Å²) in [5, 5.41) is 22.1. The fourth-order valence-corrected chi connectivity index (χ4v) is 9.46. The molecule has 5 heteroatoms. The Morgan fingerprint density at radius 1 is 1.00 bits per heavy atom. The van der Waals surface area contributed by atoms with Crippen LogP contribution in [0.2, 0.25) is 0 Å². The molecule has 0 amide bonds. The van der Waals surface area contributed by atoms with Crippen LogP contribution in [0.15, 0.2) is 23.3 Å². The van der Waals surface area contributed by atoms with E-state index in [1.807, 2.05) is 13.0 Å². The molecule has 4 rings (SSSR count). The summed E-state index contributed by atoms with van der Waals surface area (Å²) in [6.07, 6.45) is 19.3. The smallest absolute Gasteiger partial charge is 0.306 e. The number of rotatable bonds is 14. The summed E-state index contributed by atoms with van der Waals surface area (Å²) in [5.41, 5.74) is -1.67. The molecule has 226 valence electrons. The Morgan fingerprint density at radius 2 is 1.57 bits per heavy atom. The van der Waals surface area contributed by atoms with Gasteiger partial charge in [0.1, 0.15) is 11.2 Å². The molecular weight excluding hydrogens is 500 g/mol. The van der Waals surface area contributed by atoms with Gasteiger partial charge in [0.05, 0.1) is 6.61 Å². The number of unbranched alkanes of at least 4 members (excludes halogenated alkanes) is 10. The predicted octanol–water partition coefficient (Wildman–Crippen LogP) is 7.49. The number of carbonyl (C=O) groups is 2. The lowest BCUT2D eigenvalue weighted by Crippen LogP contribution is -2.55. The van der Waals surface area contributed by atoms with E-state index in [-0.39, 0.29) is 53.9 Å². The van der Waals surface area contributed by atoms with Crippen LogP contribution in [-0.2, 0) is 14.3 Å². The third kappa shape index (κ3) is 5.27. The third-order valence-corrected chi connectivity index (χ3v) is 11.6. The number of hydrogen-bond donors (Lipinski definition) is 2. The first-order chi connectivity index (χ1) is 18.9. The minimum absolute atomic E-state index is 0.0182. The first-order valence-electron chi connectivity index (χ1n) is 16.4. The minimum Gasteiger partial charge on any atom is -0.458 e. The maximum absolute atomic E-state index is 13.2. The molecule has 0 spiro atoms. The molecule has 40 heavy (non-hydrogen) atoms. The van der Waals surface area contributed by atoms with Crippen LogP contribution in [0.25, 0.3) is 0 Å². The van der Waals surface area contributed by atoms with E-state index < -0.39 is 16.6 Å². The van der Waals surface area contributed by atoms with Gasteiger partial charge in [-0.15, -0.1) is 0 Å². The number of ether oxygens (including phenoxy) is 1. The zero-order chi connectivity index (χ0) is 29.3. The number of hydrogen-bond acceptors (Lipinski definition) is 5. The molecule has 4 aliphatic rings. The van der Waals surface area contributed by atoms with Crippen molar-refractivity contribution in [2.75, 3.05) is 6.61 Å². The van der Waals surface area contributed by atoms with Gasteiger partial charge in [-0.25, -0.2) is 0 Å². The molecule has 0 unspecified atom stereocenters. The van der Waals surface area contributed by atoms with Crippen molar-refractivity contribution in [2.45, 2.75) is 143 Å². The standard InChI is InChI=1S/C35H56O5/c1-7-8-9-10-11-12-13-14-15-16-17-18-28(37)40-35-21-24(2)29-27(30(35)32(35,4)5)19-26(23-36)22-34(39)31(38)25(3)20-33(29,34)6/h19-20,24,27,29-30,36,39H,7-18,21-23H2,1-6H3/t24-,27-,29+,30+,33-,34+,35+/m1/s1. The number of fused-ring (bicyclic) bond motifs is 5. The van der Waals surface area contributed by atoms with E-state index in [1.165, 1.54) is 57.8 Å². The van der Waals surface area contributed by atoms with Gasteiger partial charge < -0.3 is 14.9 Å². The Kier molecular flexibility index (Phi) is 9.47. The predicted molar refractivity (Wildman–Crippen MR) is 160 cm³/mol. The Morgan fingerprint density at radius 3 is 2.15 bits per heavy atom. The van der Waals surface area contributed by atoms with Crippen LogP contribution in [0.1, 0.15) is 131 Å². The summed E-state index contributed by atoms with van der Waals surface area (Å²) in [7, 11) is 0. The summed E-state index contributed by atoms with van der Waals surface area (Å²) in [5.74, 6) is -0.0249. The van der Waals surface area contributed by atoms with Gasteiger partial charge in [-0.1, -0.05) is 111 Å². The molecule has 0 bridgehead atoms. The fourth-order valence-electron chi connectivity index (χ4n) is 9.46. The first-order valence-corrected chi connectivity index (χ1v) is 16.4. The lowest BCUT2D eigenvalue weighted by atomic mass is 9.56. The molecule has 2 fully saturated rings. The zero-order valence-electron chi connectivity index (χ0n) is 26.2. The van der Waals surface area contributed by atoms with Crippen LogP contribution < -0.4 is 0 Å². The molecule has 7 atom stereocenters. The van der Waals surface area contributed by atoms with Crippen LogP contribution in [0.4, 0.5) is 0 Å². The van der Waals surface area contributed by atoms with Gasteiger partial charge in [0.15, 0.2) is 5.78 Å². The highest BCUT2D eigenvalue weighted by molar-refractivity contribution is 6.05. The SMILES string of the molecule is CCCCCCCCCCCCCC(=O)O[C@@]12C[C@@H](C)[C@H]3[C@@H](C=C(CO)C[C@]4(O)C(=O)C(C)=C[C@]34C)[C@H]1C2(C)C. The van der Waals surface area contributed by atoms with E-state index in [0.29, 0.717) is 12.0 Å². The second-order valence-electron chi connectivity index (χ2n) is 14.6. The van der Waals surface area contributed by atoms with Crippen LogP contribution >= 0.6 is 0 Å². The van der Waals surface area contributed by atoms with Crippen molar-refractivity contribution in [3.63, 3.8) is 0 Å². The van der Waals surface area contributed by atoms with Gasteiger partial charge in [0.2, 0.25) is 0 Å². The number of ketones is 1. The second-order valence-corrected chi connectivity index (χ2v) is 14.6. The van der Waals surface area contributed by atoms with Crippen molar-refractivity contribution in [3.8, 4) is 0 Å². The molecule has 4 aliphatic carbocycles. The number of esters is 1. The van der Waals surface area contributed by atoms with Gasteiger partial charge in [-0.05, 0) is 48.7 Å². The largest absolute Gasteiger partial charge is 0.458 e. The quantitative estimate of drug-likeness (QED) is 0.132. The van der Waals surface area contributed by atoms with Crippen LogP contribution in [0.3, 0.4) is 0 Å². The molecule has 0 aromatic carbocycles. The minimum atomic E-state index is -1.54. The Balaban J connectivity index is 1.36. The first kappa shape index (κ1) is 31.5. The molecule has 0 saturated heterocycles. The maximum atomic E-state index is 13.2. The topological polar surface area (TPSA) is 83.8 Å². The van der Waals surface area contributed by atoms with E-state index in [4.69, 9.17) is 4.74 Å². The molecule has 0 radical (unpaired) electrons. The van der Waals surface area contributed by atoms with Crippen LogP contribution in [-0.4, -0.2) is 39.8 Å². The molecule has 5 nitrogen and oxygen atoms in total. The summed E-state index contributed by atoms with van der Waals surface area (Å²) in [4.78, 5) is 26.4. The van der Waals surface area contributed by atoms with E-state index in [1.54, 1.807) is 6.92 Å². The van der Waals surface area contributed by atoms with E-state index in [0.717, 1.165) is 24.8 Å². The van der Waals surface area contributed by atoms with Gasteiger partial charge in [0, 0.05) is 29.6 Å². The summed E-state index contributed by atoms with van der Waals surface area (Å²) in [6, 6.07) is 0. The molecule has 0 aromatic rings. The second kappa shape index (κ2) is 12.0. The number of aliphatic hydroxyl groups excluding tert-OH is 1. The van der Waals surface area contributed by atoms with Crippen molar-refractivity contribution < 1.29 is 24.5 Å². The van der Waals surface area contributed by atoms with Gasteiger partial charge in [-0.2, -0.15) is 0 Å². The van der Waals surface area contributed by atoms with E-state index >= 15 is 0 Å². The number of carbonyl (C=O) groups excluding carboxylic acids is 2. The average Bonchev–Trinajstić information content (AvgIpc) is 3.34. The molecular formula is C35H56O5. The number of Topliss-reactive ketones (excluding diaryl/α,β-unsaturated/α-hetero) is 1. The molecule has 2 N–H and O–H groups in total. The molecule has 2 saturated carbocycles. The van der Waals surface area contributed by atoms with Crippen LogP contribution in [0.5, 0.6) is 0 Å². The van der Waals surface area contributed by atoms with Crippen molar-refractivity contribution in [3.05, 3.63) is 23.3 Å². The molecule has 0 aliphatic heterocycles. The number of aliphatic hydroxyl groups is 2. The maximum Gasteiger partial charge on any atom is 0.306 e. The molecule has 0 heterocycles. The van der Waals surface area contributed by atoms with Crippen LogP contribution in [0, 0.1) is 34.5 Å². The highest BCUT2D eigenvalue weighted by Crippen LogP contribution is 2.77. The Hall–Kier alpha value is -1.46. The lowest BCUT2D eigenvalue weighted by Gasteiger charge is -2.50. The third-order valence-electron chi connectivity index (χ3n) is 11.6. The highest BCUT2D eigenvalue weighted by atomic mass is 16.6. The highest BCUT2D eigenvalue weighted by Gasteiger charge is 2.81. The van der Waals surface area contributed by atoms with Crippen molar-refractivity contribution in [1.29, 1.82) is 0 Å². The fraction of sp³-hybridized carbons (Fsp3) is 0.829. The van der Waals surface area contributed by atoms with Crippen molar-refractivity contribution >= 4 is 11.8 Å². The zero-order valence-corrected chi connectivity index (χ0v) is 26.2. The Bertz CT molecular complexity index is 1010. The van der Waals surface area contributed by atoms with E-state index in [2.05, 4.69) is 33.8 Å². The Labute approximate surface area is 243 Å². The van der Waals surface area contributed by atoms with Gasteiger partial charge in [-0.3, -0.25) is 9.59 Å². The monoisotopic (exact) mass is 556 g/mol. The normalized spacial score (nSPS) is 37.5. The molecule has 0 aromatic heterocycles. The lowest BCUT2D eigenvalue weighted by molar-refractivity contribution is -0.163.